The van der Waals surface area contributed by atoms with E-state index in [2.05, 4.69) is 22.3 Å². The van der Waals surface area contributed by atoms with Crippen LogP contribution in [-0.2, 0) is 9.53 Å². The van der Waals surface area contributed by atoms with Gasteiger partial charge in [0, 0.05) is 12.8 Å². The van der Waals surface area contributed by atoms with Gasteiger partial charge in [0.05, 0.1) is 25.7 Å². The number of carbonyl (C=O) groups is 1. The smallest absolute Gasteiger partial charge is 0.246 e. The van der Waals surface area contributed by atoms with Crippen molar-refractivity contribution >= 4 is 11.6 Å². The van der Waals surface area contributed by atoms with Crippen LogP contribution in [0.2, 0.25) is 0 Å². The van der Waals surface area contributed by atoms with Gasteiger partial charge >= 0.3 is 0 Å². The van der Waals surface area contributed by atoms with Crippen LogP contribution in [-0.4, -0.2) is 45.4 Å². The van der Waals surface area contributed by atoms with E-state index in [0.29, 0.717) is 6.61 Å². The summed E-state index contributed by atoms with van der Waals surface area (Å²) < 4.78 is 16.4. The third-order valence-electron chi connectivity index (χ3n) is 4.70. The van der Waals surface area contributed by atoms with Crippen LogP contribution in [0.4, 0.5) is 5.69 Å². The highest BCUT2D eigenvalue weighted by atomic mass is 16.5. The predicted octanol–water partition coefficient (Wildman–Crippen LogP) is 3.18. The van der Waals surface area contributed by atoms with E-state index in [1.165, 1.54) is 12.8 Å². The van der Waals surface area contributed by atoms with Crippen LogP contribution < -0.4 is 19.7 Å². The summed E-state index contributed by atoms with van der Waals surface area (Å²) in [4.78, 5) is 13.9. The van der Waals surface area contributed by atoms with Gasteiger partial charge in [-0.3, -0.25) is 4.79 Å². The minimum atomic E-state index is -0.126. The summed E-state index contributed by atoms with van der Waals surface area (Å²) in [5.74, 6) is 1.61. The maximum Gasteiger partial charge on any atom is 0.246 e. The number of benzene rings is 2. The Labute approximate surface area is 166 Å². The number of amides is 1. The lowest BCUT2D eigenvalue weighted by Crippen LogP contribution is -2.54. The van der Waals surface area contributed by atoms with Crippen molar-refractivity contribution in [3.8, 4) is 11.5 Å². The van der Waals surface area contributed by atoms with Gasteiger partial charge in [0.25, 0.3) is 0 Å². The Hall–Kier alpha value is -2.73. The number of ether oxygens (including phenoxy) is 3. The highest BCUT2D eigenvalue weighted by Crippen LogP contribution is 2.26. The number of nitrogens with zero attached hydrogens (tertiary/aromatic N) is 1. The van der Waals surface area contributed by atoms with E-state index in [-0.39, 0.29) is 24.7 Å². The lowest BCUT2D eigenvalue weighted by Gasteiger charge is -2.40. The second-order valence-corrected chi connectivity index (χ2v) is 6.86. The van der Waals surface area contributed by atoms with Crippen LogP contribution in [0.3, 0.4) is 0 Å². The average molecular weight is 384 g/mol. The zero-order chi connectivity index (χ0) is 19.9. The molecule has 1 N–H and O–H groups in total. The van der Waals surface area contributed by atoms with Crippen LogP contribution in [0.25, 0.3) is 0 Å². The van der Waals surface area contributed by atoms with E-state index in [0.717, 1.165) is 30.2 Å². The molecule has 150 valence electrons. The van der Waals surface area contributed by atoms with E-state index >= 15 is 0 Å². The van der Waals surface area contributed by atoms with Gasteiger partial charge in [-0.2, -0.15) is 0 Å². The molecule has 0 aromatic heterocycles. The molecule has 2 aromatic carbocycles. The van der Waals surface area contributed by atoms with Crippen LogP contribution in [0.5, 0.6) is 11.5 Å². The number of carbonyl (C=O) groups excluding carboxylic acids is 1. The van der Waals surface area contributed by atoms with Gasteiger partial charge in [-0.05, 0) is 55.8 Å². The van der Waals surface area contributed by atoms with E-state index in [4.69, 9.17) is 14.2 Å². The molecule has 0 bridgehead atoms. The molecule has 1 aliphatic heterocycles. The number of methoxy groups -OCH3 is 1. The fourth-order valence-corrected chi connectivity index (χ4v) is 3.17. The third kappa shape index (κ3) is 5.16. The number of anilines is 1. The zero-order valence-electron chi connectivity index (χ0n) is 16.7. The highest BCUT2D eigenvalue weighted by Gasteiger charge is 2.28. The number of rotatable bonds is 9. The number of hydrogen-bond donors (Lipinski definition) is 1. The molecule has 6 heteroatoms. The largest absolute Gasteiger partial charge is 0.494 e. The molecule has 1 amide bonds. The Morgan fingerprint density at radius 2 is 1.75 bits per heavy atom. The summed E-state index contributed by atoms with van der Waals surface area (Å²) in [6.07, 6.45) is 0.177. The zero-order valence-corrected chi connectivity index (χ0v) is 16.7. The quantitative estimate of drug-likeness (QED) is 0.720. The molecule has 0 radical (unpaired) electrons. The van der Waals surface area contributed by atoms with Crippen LogP contribution in [0, 0.1) is 0 Å². The molecule has 0 aliphatic carbocycles. The van der Waals surface area contributed by atoms with E-state index < -0.39 is 0 Å². The van der Waals surface area contributed by atoms with E-state index in [9.17, 15) is 4.79 Å². The normalized spacial score (nSPS) is 14.9. The summed E-state index contributed by atoms with van der Waals surface area (Å²) >= 11 is 0. The Bertz CT molecular complexity index is 755. The Morgan fingerprint density at radius 1 is 1.11 bits per heavy atom. The Kier molecular flexibility index (Phi) is 6.76. The van der Waals surface area contributed by atoms with Gasteiger partial charge in [0.1, 0.15) is 24.2 Å². The van der Waals surface area contributed by atoms with Crippen molar-refractivity contribution in [3.05, 3.63) is 54.1 Å². The van der Waals surface area contributed by atoms with Crippen molar-refractivity contribution in [1.82, 2.24) is 5.32 Å². The molecule has 1 aliphatic rings. The summed E-state index contributed by atoms with van der Waals surface area (Å²) in [7, 11) is 1.51. The fourth-order valence-electron chi connectivity index (χ4n) is 3.17. The highest BCUT2D eigenvalue weighted by molar-refractivity contribution is 5.77. The third-order valence-corrected chi connectivity index (χ3v) is 4.70. The van der Waals surface area contributed by atoms with Gasteiger partial charge in [0.2, 0.25) is 5.91 Å². The van der Waals surface area contributed by atoms with Crippen molar-refractivity contribution in [1.29, 1.82) is 0 Å². The van der Waals surface area contributed by atoms with Crippen LogP contribution >= 0.6 is 0 Å². The number of nitrogens with one attached hydrogen (secondary N) is 1. The molecule has 1 atom stereocenters. The van der Waals surface area contributed by atoms with Gasteiger partial charge < -0.3 is 24.4 Å². The molecule has 0 spiro atoms. The molecule has 1 heterocycles. The van der Waals surface area contributed by atoms with Crippen molar-refractivity contribution in [2.24, 2.45) is 0 Å². The van der Waals surface area contributed by atoms with Gasteiger partial charge in [-0.25, -0.2) is 0 Å². The average Bonchev–Trinajstić information content (AvgIpc) is 2.66. The minimum absolute atomic E-state index is 0.0675. The van der Waals surface area contributed by atoms with E-state index in [1.807, 2.05) is 50.2 Å². The summed E-state index contributed by atoms with van der Waals surface area (Å²) in [5, 5.41) is 2.90. The Morgan fingerprint density at radius 3 is 2.36 bits per heavy atom. The summed E-state index contributed by atoms with van der Waals surface area (Å²) in [5.41, 5.74) is 2.21. The van der Waals surface area contributed by atoms with Crippen LogP contribution in [0.1, 0.15) is 25.5 Å². The summed E-state index contributed by atoms with van der Waals surface area (Å²) in [6.45, 7) is 6.40. The van der Waals surface area contributed by atoms with Crippen molar-refractivity contribution in [2.75, 3.05) is 38.3 Å². The first-order valence-corrected chi connectivity index (χ1v) is 9.61. The maximum atomic E-state index is 11.6. The van der Waals surface area contributed by atoms with Crippen molar-refractivity contribution in [3.63, 3.8) is 0 Å². The molecular formula is C22H28N2O4. The molecule has 0 unspecified atom stereocenters. The molecule has 0 saturated carbocycles. The van der Waals surface area contributed by atoms with Crippen LogP contribution in [0.15, 0.2) is 48.5 Å². The second-order valence-electron chi connectivity index (χ2n) is 6.86. The standard InChI is InChI=1S/C22H28N2O4/c1-4-27-19-11-7-18(8-12-19)24-13-21(14-24)28-20-9-5-17(6-10-20)16(2)23-22(25)15-26-3/h5-12,16,21H,4,13-15H2,1-3H3,(H,23,25)/t16-/m0/s1. The number of hydrogen-bond acceptors (Lipinski definition) is 5. The predicted molar refractivity (Wildman–Crippen MR) is 109 cm³/mol. The fraction of sp³-hybridized carbons (Fsp3) is 0.409. The monoisotopic (exact) mass is 384 g/mol. The molecule has 1 fully saturated rings. The first-order chi connectivity index (χ1) is 13.6. The Balaban J connectivity index is 1.46. The van der Waals surface area contributed by atoms with E-state index in [1.54, 1.807) is 0 Å². The molecule has 6 nitrogen and oxygen atoms in total. The second kappa shape index (κ2) is 9.46. The molecule has 2 aromatic rings. The van der Waals surface area contributed by atoms with Gasteiger partial charge in [-0.1, -0.05) is 12.1 Å². The first-order valence-electron chi connectivity index (χ1n) is 9.61. The molecular weight excluding hydrogens is 356 g/mol. The maximum absolute atomic E-state index is 11.6. The molecule has 28 heavy (non-hydrogen) atoms. The molecule has 1 saturated heterocycles. The van der Waals surface area contributed by atoms with Crippen molar-refractivity contribution < 1.29 is 19.0 Å². The molecule has 3 rings (SSSR count). The van der Waals surface area contributed by atoms with Gasteiger partial charge in [0.15, 0.2) is 0 Å². The summed E-state index contributed by atoms with van der Waals surface area (Å²) in [6, 6.07) is 15.9. The minimum Gasteiger partial charge on any atom is -0.494 e. The van der Waals surface area contributed by atoms with Gasteiger partial charge in [-0.15, -0.1) is 0 Å². The lowest BCUT2D eigenvalue weighted by atomic mass is 10.1. The lowest BCUT2D eigenvalue weighted by molar-refractivity contribution is -0.125. The first kappa shape index (κ1) is 20.0. The SMILES string of the molecule is CCOc1ccc(N2CC(Oc3ccc([C@H](C)NC(=O)COC)cc3)C2)cc1. The topological polar surface area (TPSA) is 60.0 Å². The van der Waals surface area contributed by atoms with Crippen molar-refractivity contribution in [2.45, 2.75) is 26.0 Å².